The Kier molecular flexibility index (Phi) is 3.85. The van der Waals surface area contributed by atoms with Crippen molar-refractivity contribution in [3.63, 3.8) is 0 Å². The number of nitrogens with two attached hydrogens (primary N) is 1. The van der Waals surface area contributed by atoms with Gasteiger partial charge in [-0.1, -0.05) is 6.92 Å². The molecule has 0 fully saturated rings. The number of rotatable bonds is 5. The van der Waals surface area contributed by atoms with Gasteiger partial charge in [0.25, 0.3) is 0 Å². The molecule has 0 amide bonds. The second-order valence-electron chi connectivity index (χ2n) is 3.38. The van der Waals surface area contributed by atoms with Crippen LogP contribution < -0.4 is 10.5 Å². The Bertz CT molecular complexity index is 325. The Morgan fingerprint density at radius 2 is 2.40 bits per heavy atom. The number of methoxy groups -OCH3 is 1. The largest absolute Gasteiger partial charge is 0.493 e. The van der Waals surface area contributed by atoms with Crippen LogP contribution in [0.5, 0.6) is 5.75 Å². The maximum atomic E-state index is 12.0. The molecule has 1 rings (SSSR count). The fourth-order valence-corrected chi connectivity index (χ4v) is 1.35. The monoisotopic (exact) mass is 211 g/mol. The van der Waals surface area contributed by atoms with Crippen LogP contribution in [-0.2, 0) is 6.54 Å². The zero-order chi connectivity index (χ0) is 11.4. The van der Waals surface area contributed by atoms with Crippen LogP contribution in [0.3, 0.4) is 0 Å². The van der Waals surface area contributed by atoms with Gasteiger partial charge in [-0.15, -0.1) is 0 Å². The van der Waals surface area contributed by atoms with Crippen LogP contribution >= 0.6 is 0 Å². The van der Waals surface area contributed by atoms with Gasteiger partial charge in [0.1, 0.15) is 5.69 Å². The molecular formula is C10H17N3O2. The normalized spacial score (nSPS) is 12.5. The van der Waals surface area contributed by atoms with E-state index in [2.05, 4.69) is 5.10 Å². The fraction of sp³-hybridized carbons (Fsp3) is 0.600. The summed E-state index contributed by atoms with van der Waals surface area (Å²) in [5.74, 6) is 0.289. The highest BCUT2D eigenvalue weighted by Gasteiger charge is 2.22. The van der Waals surface area contributed by atoms with Gasteiger partial charge in [0, 0.05) is 19.0 Å². The maximum Gasteiger partial charge on any atom is 0.188 e. The number of ketones is 1. The van der Waals surface area contributed by atoms with E-state index in [1.165, 1.54) is 7.11 Å². The minimum atomic E-state index is -0.208. The van der Waals surface area contributed by atoms with E-state index in [4.69, 9.17) is 10.5 Å². The Morgan fingerprint density at radius 3 is 2.87 bits per heavy atom. The number of nitrogens with zero attached hydrogens (tertiary/aromatic N) is 2. The number of hydrogen-bond acceptors (Lipinski definition) is 4. The molecule has 0 saturated carbocycles. The fourth-order valence-electron chi connectivity index (χ4n) is 1.35. The van der Waals surface area contributed by atoms with Crippen molar-refractivity contribution in [1.82, 2.24) is 9.78 Å². The zero-order valence-corrected chi connectivity index (χ0v) is 9.36. The summed E-state index contributed by atoms with van der Waals surface area (Å²) in [6, 6.07) is 0. The van der Waals surface area contributed by atoms with E-state index in [0.717, 1.165) is 0 Å². The average Bonchev–Trinajstić information content (AvgIpc) is 2.69. The van der Waals surface area contributed by atoms with Crippen molar-refractivity contribution in [3.05, 3.63) is 11.9 Å². The van der Waals surface area contributed by atoms with E-state index >= 15 is 0 Å². The van der Waals surface area contributed by atoms with Gasteiger partial charge >= 0.3 is 0 Å². The Hall–Kier alpha value is -1.36. The first kappa shape index (κ1) is 11.7. The van der Waals surface area contributed by atoms with Gasteiger partial charge in [0.15, 0.2) is 11.5 Å². The number of carbonyl (C=O) groups excluding carboxylic acids is 1. The summed E-state index contributed by atoms with van der Waals surface area (Å²) >= 11 is 0. The molecule has 0 radical (unpaired) electrons. The Labute approximate surface area is 89.2 Å². The van der Waals surface area contributed by atoms with Crippen LogP contribution in [0, 0.1) is 5.92 Å². The molecule has 1 unspecified atom stereocenters. The molecule has 0 aliphatic carbocycles. The van der Waals surface area contributed by atoms with Gasteiger partial charge in [-0.3, -0.25) is 9.48 Å². The van der Waals surface area contributed by atoms with Gasteiger partial charge in [-0.2, -0.15) is 5.10 Å². The van der Waals surface area contributed by atoms with Gasteiger partial charge in [0.2, 0.25) is 0 Å². The molecular weight excluding hydrogens is 194 g/mol. The van der Waals surface area contributed by atoms with Crippen molar-refractivity contribution in [2.24, 2.45) is 11.7 Å². The first-order valence-corrected chi connectivity index (χ1v) is 4.99. The number of aryl methyl sites for hydroxylation is 1. The molecule has 0 aliphatic heterocycles. The molecule has 0 aromatic carbocycles. The summed E-state index contributed by atoms with van der Waals surface area (Å²) in [4.78, 5) is 12.0. The van der Waals surface area contributed by atoms with Crippen molar-refractivity contribution >= 4 is 5.78 Å². The number of aromatic nitrogens is 2. The van der Waals surface area contributed by atoms with Crippen LogP contribution in [0.1, 0.15) is 24.3 Å². The van der Waals surface area contributed by atoms with Crippen LogP contribution in [-0.4, -0.2) is 29.2 Å². The molecule has 5 heteroatoms. The summed E-state index contributed by atoms with van der Waals surface area (Å²) in [7, 11) is 1.53. The van der Waals surface area contributed by atoms with Crippen molar-refractivity contribution in [2.45, 2.75) is 20.4 Å². The maximum absolute atomic E-state index is 12.0. The molecule has 1 aromatic rings. The minimum absolute atomic E-state index is 0.0197. The molecule has 84 valence electrons. The highest BCUT2D eigenvalue weighted by Crippen LogP contribution is 2.20. The lowest BCUT2D eigenvalue weighted by atomic mass is 10.0. The predicted octanol–water partition coefficient (Wildman–Crippen LogP) is 0.689. The first-order valence-electron chi connectivity index (χ1n) is 4.99. The van der Waals surface area contributed by atoms with E-state index in [1.807, 2.05) is 6.92 Å². The van der Waals surface area contributed by atoms with Crippen LogP contribution in [0.2, 0.25) is 0 Å². The van der Waals surface area contributed by atoms with Gasteiger partial charge in [0.05, 0.1) is 13.3 Å². The molecule has 0 saturated heterocycles. The molecule has 1 atom stereocenters. The third-order valence-corrected chi connectivity index (χ3v) is 2.36. The van der Waals surface area contributed by atoms with Crippen LogP contribution in [0.15, 0.2) is 6.20 Å². The zero-order valence-electron chi connectivity index (χ0n) is 9.36. The summed E-state index contributed by atoms with van der Waals surface area (Å²) in [5, 5.41) is 4.07. The van der Waals surface area contributed by atoms with Gasteiger partial charge < -0.3 is 10.5 Å². The summed E-state index contributed by atoms with van der Waals surface area (Å²) < 4.78 is 6.73. The van der Waals surface area contributed by atoms with Crippen LogP contribution in [0.25, 0.3) is 0 Å². The molecule has 0 bridgehead atoms. The minimum Gasteiger partial charge on any atom is -0.493 e. The molecule has 0 spiro atoms. The van der Waals surface area contributed by atoms with Crippen molar-refractivity contribution in [3.8, 4) is 5.75 Å². The molecule has 1 aromatic heterocycles. The third-order valence-electron chi connectivity index (χ3n) is 2.36. The lowest BCUT2D eigenvalue weighted by Crippen LogP contribution is -2.23. The Morgan fingerprint density at radius 1 is 1.73 bits per heavy atom. The van der Waals surface area contributed by atoms with Gasteiger partial charge in [-0.25, -0.2) is 0 Å². The molecule has 0 aliphatic rings. The molecule has 2 N–H and O–H groups in total. The van der Waals surface area contributed by atoms with E-state index in [-0.39, 0.29) is 11.7 Å². The van der Waals surface area contributed by atoms with Crippen molar-refractivity contribution in [2.75, 3.05) is 13.7 Å². The summed E-state index contributed by atoms with van der Waals surface area (Å²) in [6.07, 6.45) is 1.56. The topological polar surface area (TPSA) is 70.1 Å². The lowest BCUT2D eigenvalue weighted by molar-refractivity contribution is 0.0920. The average molecular weight is 211 g/mol. The molecule has 15 heavy (non-hydrogen) atoms. The van der Waals surface area contributed by atoms with Gasteiger partial charge in [-0.05, 0) is 6.92 Å². The molecule has 1 heterocycles. The predicted molar refractivity (Wildman–Crippen MR) is 57.0 cm³/mol. The number of carbonyl (C=O) groups is 1. The van der Waals surface area contributed by atoms with E-state index in [1.54, 1.807) is 17.8 Å². The Balaban J connectivity index is 3.09. The van der Waals surface area contributed by atoms with E-state index < -0.39 is 0 Å². The van der Waals surface area contributed by atoms with Crippen molar-refractivity contribution in [1.29, 1.82) is 0 Å². The number of ether oxygens (including phenoxy) is 1. The standard InChI is InChI=1S/C10H17N3O2/c1-4-13-9(8(15-3)6-12-13)10(14)7(2)5-11/h6-7H,4-5,11H2,1-3H3. The smallest absolute Gasteiger partial charge is 0.188 e. The second kappa shape index (κ2) is 4.93. The number of Topliss-reactive ketones (excluding diaryl/α,β-unsaturated/α-hetero) is 1. The second-order valence-corrected chi connectivity index (χ2v) is 3.38. The summed E-state index contributed by atoms with van der Waals surface area (Å²) in [5.41, 5.74) is 5.98. The highest BCUT2D eigenvalue weighted by atomic mass is 16.5. The lowest BCUT2D eigenvalue weighted by Gasteiger charge is -2.10. The third kappa shape index (κ3) is 2.18. The highest BCUT2D eigenvalue weighted by molar-refractivity contribution is 5.98. The van der Waals surface area contributed by atoms with Crippen molar-refractivity contribution < 1.29 is 9.53 Å². The SMILES string of the molecule is CCn1ncc(OC)c1C(=O)C(C)CN. The van der Waals surface area contributed by atoms with Crippen LogP contribution in [0.4, 0.5) is 0 Å². The quantitative estimate of drug-likeness (QED) is 0.727. The molecule has 5 nitrogen and oxygen atoms in total. The summed E-state index contributed by atoms with van der Waals surface area (Å²) in [6.45, 7) is 4.70. The van der Waals surface area contributed by atoms with E-state index in [9.17, 15) is 4.79 Å². The van der Waals surface area contributed by atoms with E-state index in [0.29, 0.717) is 24.5 Å². The first-order chi connectivity index (χ1) is 7.15. The number of hydrogen-bond donors (Lipinski definition) is 1.